The second kappa shape index (κ2) is 9.08. The second-order valence-corrected chi connectivity index (χ2v) is 8.49. The molecule has 2 fully saturated rings. The van der Waals surface area contributed by atoms with Crippen LogP contribution in [0.25, 0.3) is 0 Å². The number of benzene rings is 1. The highest BCUT2D eigenvalue weighted by atomic mass is 19.1. The summed E-state index contributed by atoms with van der Waals surface area (Å²) in [6, 6.07) is 8.06. The number of halogens is 1. The van der Waals surface area contributed by atoms with Crippen molar-refractivity contribution < 1.29 is 13.9 Å². The first-order chi connectivity index (χ1) is 14.9. The van der Waals surface area contributed by atoms with Crippen LogP contribution in [0.15, 0.2) is 30.5 Å². The fraction of sp³-hybridized carbons (Fsp3) is 0.522. The minimum absolute atomic E-state index is 0.0397. The van der Waals surface area contributed by atoms with Gasteiger partial charge in [0.15, 0.2) is 11.6 Å². The van der Waals surface area contributed by atoms with Crippen molar-refractivity contribution in [2.45, 2.75) is 58.2 Å². The lowest BCUT2D eigenvalue weighted by atomic mass is 10.1. The van der Waals surface area contributed by atoms with Crippen molar-refractivity contribution in [1.82, 2.24) is 15.3 Å². The summed E-state index contributed by atoms with van der Waals surface area (Å²) in [5, 5.41) is 2.87. The van der Waals surface area contributed by atoms with E-state index in [4.69, 9.17) is 4.74 Å². The van der Waals surface area contributed by atoms with Gasteiger partial charge in [-0.2, -0.15) is 4.98 Å². The van der Waals surface area contributed by atoms with Gasteiger partial charge in [0.25, 0.3) is 0 Å². The zero-order valence-electron chi connectivity index (χ0n) is 18.3. The summed E-state index contributed by atoms with van der Waals surface area (Å²) in [7, 11) is 0. The van der Waals surface area contributed by atoms with Gasteiger partial charge in [-0.1, -0.05) is 12.1 Å². The SMILES string of the molecule is CC(=O)N[C@@H](C)c1ccc(O[C@@H]2CCN(c3nc(N4CCC[C@H]4C)ncc3F)C2)cc1. The van der Waals surface area contributed by atoms with E-state index in [9.17, 15) is 9.18 Å². The van der Waals surface area contributed by atoms with Gasteiger partial charge in [-0.15, -0.1) is 0 Å². The van der Waals surface area contributed by atoms with E-state index in [0.717, 1.165) is 37.1 Å². The maximum absolute atomic E-state index is 14.5. The highest BCUT2D eigenvalue weighted by molar-refractivity contribution is 5.73. The summed E-state index contributed by atoms with van der Waals surface area (Å²) < 4.78 is 20.6. The van der Waals surface area contributed by atoms with E-state index in [1.54, 1.807) is 0 Å². The van der Waals surface area contributed by atoms with Crippen LogP contribution >= 0.6 is 0 Å². The van der Waals surface area contributed by atoms with Gasteiger partial charge in [0, 0.05) is 32.5 Å². The number of nitrogens with one attached hydrogen (secondary N) is 1. The van der Waals surface area contributed by atoms with Crippen molar-refractivity contribution in [1.29, 1.82) is 0 Å². The molecule has 1 amide bonds. The number of aromatic nitrogens is 2. The number of anilines is 2. The van der Waals surface area contributed by atoms with Crippen molar-refractivity contribution in [3.63, 3.8) is 0 Å². The molecule has 2 saturated heterocycles. The fourth-order valence-corrected chi connectivity index (χ4v) is 4.37. The molecule has 0 saturated carbocycles. The number of carbonyl (C=O) groups excluding carboxylic acids is 1. The summed E-state index contributed by atoms with van der Waals surface area (Å²) >= 11 is 0. The van der Waals surface area contributed by atoms with Gasteiger partial charge in [0.05, 0.1) is 18.8 Å². The van der Waals surface area contributed by atoms with Gasteiger partial charge < -0.3 is 19.9 Å². The fourth-order valence-electron chi connectivity index (χ4n) is 4.37. The van der Waals surface area contributed by atoms with E-state index < -0.39 is 5.82 Å². The number of hydrogen-bond donors (Lipinski definition) is 1. The summed E-state index contributed by atoms with van der Waals surface area (Å²) in [5.41, 5.74) is 1.02. The molecule has 0 spiro atoms. The van der Waals surface area contributed by atoms with Crippen LogP contribution in [-0.4, -0.2) is 47.7 Å². The molecule has 2 aliphatic rings. The zero-order valence-corrected chi connectivity index (χ0v) is 18.3. The molecule has 0 aliphatic carbocycles. The van der Waals surface area contributed by atoms with Gasteiger partial charge in [0.2, 0.25) is 11.9 Å². The molecule has 166 valence electrons. The highest BCUT2D eigenvalue weighted by Gasteiger charge is 2.29. The normalized spacial score (nSPS) is 21.9. The number of carbonyl (C=O) groups is 1. The Morgan fingerprint density at radius 1 is 1.26 bits per heavy atom. The second-order valence-electron chi connectivity index (χ2n) is 8.49. The summed E-state index contributed by atoms with van der Waals surface area (Å²) in [6.07, 6.45) is 4.26. The molecule has 3 heterocycles. The van der Waals surface area contributed by atoms with E-state index in [0.29, 0.717) is 30.9 Å². The third-order valence-electron chi connectivity index (χ3n) is 6.07. The average Bonchev–Trinajstić information content (AvgIpc) is 3.37. The highest BCUT2D eigenvalue weighted by Crippen LogP contribution is 2.28. The zero-order chi connectivity index (χ0) is 22.0. The lowest BCUT2D eigenvalue weighted by Gasteiger charge is -2.24. The molecule has 1 N–H and O–H groups in total. The molecule has 3 atom stereocenters. The number of nitrogens with zero attached hydrogens (tertiary/aromatic N) is 4. The summed E-state index contributed by atoms with van der Waals surface area (Å²) in [6.45, 7) is 7.78. The molecule has 1 aromatic carbocycles. The first-order valence-corrected chi connectivity index (χ1v) is 11.0. The van der Waals surface area contributed by atoms with E-state index in [-0.39, 0.29) is 18.1 Å². The van der Waals surface area contributed by atoms with Crippen molar-refractivity contribution in [3.8, 4) is 5.75 Å². The van der Waals surface area contributed by atoms with Gasteiger partial charge in [-0.25, -0.2) is 9.37 Å². The average molecular weight is 428 g/mol. The summed E-state index contributed by atoms with van der Waals surface area (Å²) in [5.74, 6) is 1.27. The number of rotatable bonds is 6. The number of amides is 1. The molecular formula is C23H30FN5O2. The molecule has 1 aromatic heterocycles. The van der Waals surface area contributed by atoms with Crippen molar-refractivity contribution in [2.24, 2.45) is 0 Å². The topological polar surface area (TPSA) is 70.6 Å². The predicted octanol–water partition coefficient (Wildman–Crippen LogP) is 3.46. The van der Waals surface area contributed by atoms with Crippen LogP contribution in [0.3, 0.4) is 0 Å². The van der Waals surface area contributed by atoms with Crippen LogP contribution in [-0.2, 0) is 4.79 Å². The Morgan fingerprint density at radius 2 is 2.03 bits per heavy atom. The number of hydrogen-bond acceptors (Lipinski definition) is 6. The Hall–Kier alpha value is -2.90. The molecule has 7 nitrogen and oxygen atoms in total. The van der Waals surface area contributed by atoms with Gasteiger partial charge in [-0.05, 0) is 44.4 Å². The Morgan fingerprint density at radius 3 is 2.71 bits per heavy atom. The van der Waals surface area contributed by atoms with Crippen LogP contribution in [0, 0.1) is 5.82 Å². The molecular weight excluding hydrogens is 397 g/mol. The standard InChI is InChI=1S/C23H30FN5O2/c1-15-5-4-11-29(15)23-25-13-21(24)22(27-23)28-12-10-20(14-28)31-19-8-6-18(7-9-19)16(2)26-17(3)30/h6-9,13,15-16,20H,4-5,10-12,14H2,1-3H3,(H,26,30)/t15-,16+,20-/m1/s1. The molecule has 8 heteroatoms. The van der Waals surface area contributed by atoms with E-state index in [2.05, 4.69) is 27.1 Å². The van der Waals surface area contributed by atoms with Gasteiger partial charge in [0.1, 0.15) is 11.9 Å². The van der Waals surface area contributed by atoms with Crippen LogP contribution < -0.4 is 19.9 Å². The monoisotopic (exact) mass is 427 g/mol. The van der Waals surface area contributed by atoms with Crippen molar-refractivity contribution >= 4 is 17.7 Å². The van der Waals surface area contributed by atoms with E-state index in [1.165, 1.54) is 13.1 Å². The first kappa shape index (κ1) is 21.3. The molecule has 0 bridgehead atoms. The Bertz CT molecular complexity index is 923. The third kappa shape index (κ3) is 4.89. The van der Waals surface area contributed by atoms with Crippen molar-refractivity contribution in [2.75, 3.05) is 29.4 Å². The Balaban J connectivity index is 1.39. The molecule has 0 unspecified atom stereocenters. The van der Waals surface area contributed by atoms with Crippen LogP contribution in [0.1, 0.15) is 51.6 Å². The molecule has 31 heavy (non-hydrogen) atoms. The van der Waals surface area contributed by atoms with Crippen LogP contribution in [0.5, 0.6) is 5.75 Å². The quantitative estimate of drug-likeness (QED) is 0.761. The lowest BCUT2D eigenvalue weighted by Crippen LogP contribution is -2.30. The Kier molecular flexibility index (Phi) is 6.25. The third-order valence-corrected chi connectivity index (χ3v) is 6.07. The predicted molar refractivity (Wildman–Crippen MR) is 118 cm³/mol. The van der Waals surface area contributed by atoms with Crippen molar-refractivity contribution in [3.05, 3.63) is 41.8 Å². The lowest BCUT2D eigenvalue weighted by molar-refractivity contribution is -0.119. The van der Waals surface area contributed by atoms with Gasteiger partial charge in [-0.3, -0.25) is 4.79 Å². The summed E-state index contributed by atoms with van der Waals surface area (Å²) in [4.78, 5) is 24.1. The molecule has 2 aliphatic heterocycles. The maximum Gasteiger partial charge on any atom is 0.227 e. The first-order valence-electron chi connectivity index (χ1n) is 11.0. The minimum Gasteiger partial charge on any atom is -0.489 e. The molecule has 2 aromatic rings. The van der Waals surface area contributed by atoms with E-state index in [1.807, 2.05) is 36.1 Å². The molecule has 4 rings (SSSR count). The number of ether oxygens (including phenoxy) is 1. The van der Waals surface area contributed by atoms with E-state index >= 15 is 0 Å². The minimum atomic E-state index is -0.396. The largest absolute Gasteiger partial charge is 0.489 e. The maximum atomic E-state index is 14.5. The smallest absolute Gasteiger partial charge is 0.227 e. The van der Waals surface area contributed by atoms with Gasteiger partial charge >= 0.3 is 0 Å². The Labute approximate surface area is 182 Å². The van der Waals surface area contributed by atoms with Crippen LogP contribution in [0.4, 0.5) is 16.2 Å². The van der Waals surface area contributed by atoms with Crippen LogP contribution in [0.2, 0.25) is 0 Å². The molecule has 0 radical (unpaired) electrons.